The molecular formula is C19H19NO. The number of hydrogen-bond donors (Lipinski definition) is 1. The first kappa shape index (κ1) is 14.9. The average Bonchev–Trinajstić information content (AvgIpc) is 2.54. The fourth-order valence-corrected chi connectivity index (χ4v) is 1.88. The molecule has 106 valence electrons. The van der Waals surface area contributed by atoms with E-state index in [0.717, 1.165) is 30.5 Å². The van der Waals surface area contributed by atoms with E-state index in [1.165, 1.54) is 0 Å². The first-order valence-corrected chi connectivity index (χ1v) is 7.25. The molecule has 2 rings (SSSR count). The van der Waals surface area contributed by atoms with Crippen molar-refractivity contribution in [2.24, 2.45) is 0 Å². The van der Waals surface area contributed by atoms with Crippen LogP contribution in [-0.4, -0.2) is 12.5 Å². The van der Waals surface area contributed by atoms with Crippen LogP contribution in [0.1, 0.15) is 41.3 Å². The molecule has 1 amide bonds. The molecule has 0 unspecified atom stereocenters. The quantitative estimate of drug-likeness (QED) is 0.671. The molecule has 2 aromatic carbocycles. The second kappa shape index (κ2) is 7.91. The van der Waals surface area contributed by atoms with Crippen LogP contribution in [0.4, 0.5) is 0 Å². The molecule has 1 N–H and O–H groups in total. The Morgan fingerprint density at radius 3 is 2.48 bits per heavy atom. The highest BCUT2D eigenvalue weighted by molar-refractivity contribution is 5.94. The summed E-state index contributed by atoms with van der Waals surface area (Å²) in [6.45, 7) is 2.82. The minimum Gasteiger partial charge on any atom is -0.352 e. The van der Waals surface area contributed by atoms with Crippen LogP contribution in [0.2, 0.25) is 0 Å². The lowest BCUT2D eigenvalue weighted by Gasteiger charge is -2.04. The summed E-state index contributed by atoms with van der Waals surface area (Å²) in [4.78, 5) is 12.0. The van der Waals surface area contributed by atoms with Crippen molar-refractivity contribution in [2.45, 2.75) is 19.8 Å². The highest BCUT2D eigenvalue weighted by Gasteiger charge is 2.04. The standard InChI is InChI=1S/C19H19NO/c1-2-3-14-20-19(21)18-11-7-10-17(15-18)13-12-16-8-5-4-6-9-16/h4-11,15H,2-3,14H2,1H3,(H,20,21). The van der Waals surface area contributed by atoms with Crippen LogP contribution in [0.5, 0.6) is 0 Å². The van der Waals surface area contributed by atoms with Crippen LogP contribution in [0.15, 0.2) is 54.6 Å². The van der Waals surface area contributed by atoms with Gasteiger partial charge < -0.3 is 5.32 Å². The van der Waals surface area contributed by atoms with Gasteiger partial charge in [0.2, 0.25) is 0 Å². The minimum absolute atomic E-state index is 0.0354. The summed E-state index contributed by atoms with van der Waals surface area (Å²) in [5, 5.41) is 2.91. The number of benzene rings is 2. The molecule has 0 aliphatic heterocycles. The molecular weight excluding hydrogens is 258 g/mol. The zero-order valence-corrected chi connectivity index (χ0v) is 12.2. The third-order valence-corrected chi connectivity index (χ3v) is 3.07. The summed E-state index contributed by atoms with van der Waals surface area (Å²) < 4.78 is 0. The Hall–Kier alpha value is -2.53. The summed E-state index contributed by atoms with van der Waals surface area (Å²) in [5.41, 5.74) is 2.48. The third-order valence-electron chi connectivity index (χ3n) is 3.07. The molecule has 2 nitrogen and oxygen atoms in total. The first-order chi connectivity index (χ1) is 10.3. The molecule has 0 radical (unpaired) electrons. The third kappa shape index (κ3) is 4.81. The Bertz CT molecular complexity index is 650. The lowest BCUT2D eigenvalue weighted by atomic mass is 10.1. The second-order valence-electron chi connectivity index (χ2n) is 4.81. The number of rotatable bonds is 4. The van der Waals surface area contributed by atoms with Gasteiger partial charge in [-0.05, 0) is 36.8 Å². The van der Waals surface area contributed by atoms with E-state index in [1.54, 1.807) is 0 Å². The van der Waals surface area contributed by atoms with E-state index in [-0.39, 0.29) is 5.91 Å². The Morgan fingerprint density at radius 1 is 1.00 bits per heavy atom. The van der Waals surface area contributed by atoms with Crippen molar-refractivity contribution >= 4 is 5.91 Å². The molecule has 2 heteroatoms. The maximum absolute atomic E-state index is 12.0. The second-order valence-corrected chi connectivity index (χ2v) is 4.81. The van der Waals surface area contributed by atoms with Crippen LogP contribution in [0.3, 0.4) is 0 Å². The highest BCUT2D eigenvalue weighted by atomic mass is 16.1. The molecule has 21 heavy (non-hydrogen) atoms. The molecule has 0 saturated carbocycles. The Labute approximate surface area is 126 Å². The van der Waals surface area contributed by atoms with Crippen molar-refractivity contribution in [3.63, 3.8) is 0 Å². The van der Waals surface area contributed by atoms with Crippen LogP contribution < -0.4 is 5.32 Å². The Balaban J connectivity index is 2.08. The van der Waals surface area contributed by atoms with E-state index in [4.69, 9.17) is 0 Å². The van der Waals surface area contributed by atoms with Crippen molar-refractivity contribution < 1.29 is 4.79 Å². The van der Waals surface area contributed by atoms with E-state index in [2.05, 4.69) is 24.1 Å². The number of carbonyl (C=O) groups excluding carboxylic acids is 1. The molecule has 0 aliphatic rings. The average molecular weight is 277 g/mol. The van der Waals surface area contributed by atoms with Gasteiger partial charge in [-0.1, -0.05) is 49.5 Å². The largest absolute Gasteiger partial charge is 0.352 e. The van der Waals surface area contributed by atoms with Crippen molar-refractivity contribution in [2.75, 3.05) is 6.54 Å². The van der Waals surface area contributed by atoms with Gasteiger partial charge in [0.05, 0.1) is 0 Å². The van der Waals surface area contributed by atoms with Gasteiger partial charge in [-0.3, -0.25) is 4.79 Å². The monoisotopic (exact) mass is 277 g/mol. The normalized spacial score (nSPS) is 9.57. The van der Waals surface area contributed by atoms with E-state index in [0.29, 0.717) is 5.56 Å². The minimum atomic E-state index is -0.0354. The highest BCUT2D eigenvalue weighted by Crippen LogP contribution is 2.05. The van der Waals surface area contributed by atoms with E-state index < -0.39 is 0 Å². The maximum Gasteiger partial charge on any atom is 0.251 e. The smallest absolute Gasteiger partial charge is 0.251 e. The van der Waals surface area contributed by atoms with Crippen molar-refractivity contribution in [1.29, 1.82) is 0 Å². The van der Waals surface area contributed by atoms with Crippen molar-refractivity contribution in [3.8, 4) is 11.8 Å². The molecule has 0 atom stereocenters. The molecule has 0 bridgehead atoms. The Kier molecular flexibility index (Phi) is 5.60. The fourth-order valence-electron chi connectivity index (χ4n) is 1.88. The lowest BCUT2D eigenvalue weighted by Crippen LogP contribution is -2.24. The summed E-state index contributed by atoms with van der Waals surface area (Å²) in [6.07, 6.45) is 2.07. The molecule has 2 aromatic rings. The van der Waals surface area contributed by atoms with Gasteiger partial charge in [0.25, 0.3) is 5.91 Å². The predicted molar refractivity (Wildman–Crippen MR) is 86.1 cm³/mol. The van der Waals surface area contributed by atoms with Gasteiger partial charge in [-0.2, -0.15) is 0 Å². The van der Waals surface area contributed by atoms with E-state index in [9.17, 15) is 4.79 Å². The lowest BCUT2D eigenvalue weighted by molar-refractivity contribution is 0.0953. The summed E-state index contributed by atoms with van der Waals surface area (Å²) in [7, 11) is 0. The SMILES string of the molecule is CCCCNC(=O)c1cccc(C#Cc2ccccc2)c1. The summed E-state index contributed by atoms with van der Waals surface area (Å²) >= 11 is 0. The summed E-state index contributed by atoms with van der Waals surface area (Å²) in [6, 6.07) is 17.2. The Morgan fingerprint density at radius 2 is 1.71 bits per heavy atom. The van der Waals surface area contributed by atoms with Crippen molar-refractivity contribution in [3.05, 3.63) is 71.3 Å². The van der Waals surface area contributed by atoms with Gasteiger partial charge >= 0.3 is 0 Å². The first-order valence-electron chi connectivity index (χ1n) is 7.25. The molecule has 0 spiro atoms. The van der Waals surface area contributed by atoms with Crippen LogP contribution in [0, 0.1) is 11.8 Å². The molecule has 0 fully saturated rings. The van der Waals surface area contributed by atoms with Gasteiger partial charge in [0, 0.05) is 23.2 Å². The van der Waals surface area contributed by atoms with Crippen molar-refractivity contribution in [1.82, 2.24) is 5.32 Å². The van der Waals surface area contributed by atoms with Gasteiger partial charge in [-0.15, -0.1) is 0 Å². The fraction of sp³-hybridized carbons (Fsp3) is 0.211. The zero-order valence-electron chi connectivity index (χ0n) is 12.2. The van der Waals surface area contributed by atoms with Gasteiger partial charge in [-0.25, -0.2) is 0 Å². The van der Waals surface area contributed by atoms with Crippen LogP contribution in [0.25, 0.3) is 0 Å². The molecule has 0 aromatic heterocycles. The number of hydrogen-bond acceptors (Lipinski definition) is 1. The summed E-state index contributed by atoms with van der Waals surface area (Å²) in [5.74, 6) is 6.16. The zero-order chi connectivity index (χ0) is 14.9. The van der Waals surface area contributed by atoms with E-state index >= 15 is 0 Å². The topological polar surface area (TPSA) is 29.1 Å². The molecule has 0 heterocycles. The van der Waals surface area contributed by atoms with Gasteiger partial charge in [0.15, 0.2) is 0 Å². The number of amides is 1. The maximum atomic E-state index is 12.0. The number of unbranched alkanes of at least 4 members (excludes halogenated alkanes) is 1. The van der Waals surface area contributed by atoms with Gasteiger partial charge in [0.1, 0.15) is 0 Å². The molecule has 0 aliphatic carbocycles. The predicted octanol–water partition coefficient (Wildman–Crippen LogP) is 3.62. The molecule has 0 saturated heterocycles. The van der Waals surface area contributed by atoms with Crippen LogP contribution >= 0.6 is 0 Å². The number of carbonyl (C=O) groups is 1. The van der Waals surface area contributed by atoms with Crippen LogP contribution in [-0.2, 0) is 0 Å². The number of nitrogens with one attached hydrogen (secondary N) is 1. The van der Waals surface area contributed by atoms with E-state index in [1.807, 2.05) is 54.6 Å².